The van der Waals surface area contributed by atoms with E-state index in [0.717, 1.165) is 24.0 Å². The monoisotopic (exact) mass is 239 g/mol. The molecule has 0 spiro atoms. The highest BCUT2D eigenvalue weighted by Gasteiger charge is 2.37. The maximum atomic E-state index is 5.80. The Labute approximate surface area is 99.4 Å². The lowest BCUT2D eigenvalue weighted by molar-refractivity contribution is 0.0256. The van der Waals surface area contributed by atoms with Crippen molar-refractivity contribution in [2.45, 2.75) is 38.0 Å². The number of hydrogen-bond donors (Lipinski definition) is 1. The average Bonchev–Trinajstić information content (AvgIpc) is 2.97. The molecule has 88 valence electrons. The van der Waals surface area contributed by atoms with Gasteiger partial charge in [-0.25, -0.2) is 4.98 Å². The first-order chi connectivity index (χ1) is 7.88. The zero-order chi connectivity index (χ0) is 11.0. The fraction of sp³-hybridized carbons (Fsp3) is 0.727. The van der Waals surface area contributed by atoms with Crippen molar-refractivity contribution in [1.82, 2.24) is 4.98 Å². The Balaban J connectivity index is 1.82. The summed E-state index contributed by atoms with van der Waals surface area (Å²) in [6, 6.07) is 0.547. The standard InChI is InChI=1S/C11H17N3OS/c12-6-8-7-16-11(13-8)14-4-5-15-10-3-1-2-9(10)14/h7,9-10H,1-6,12H2. The van der Waals surface area contributed by atoms with Crippen LogP contribution in [0, 0.1) is 0 Å². The summed E-state index contributed by atoms with van der Waals surface area (Å²) < 4.78 is 5.80. The molecular formula is C11H17N3OS. The topological polar surface area (TPSA) is 51.4 Å². The van der Waals surface area contributed by atoms with Gasteiger partial charge in [0.25, 0.3) is 0 Å². The molecule has 1 saturated heterocycles. The second-order valence-corrected chi connectivity index (χ2v) is 5.26. The SMILES string of the molecule is NCc1csc(N2CCOC3CCCC32)n1. The smallest absolute Gasteiger partial charge is 0.185 e. The summed E-state index contributed by atoms with van der Waals surface area (Å²) in [5.41, 5.74) is 6.60. The van der Waals surface area contributed by atoms with Crippen molar-refractivity contribution in [2.75, 3.05) is 18.1 Å². The van der Waals surface area contributed by atoms with Gasteiger partial charge >= 0.3 is 0 Å². The Morgan fingerprint density at radius 3 is 3.31 bits per heavy atom. The average molecular weight is 239 g/mol. The number of ether oxygens (including phenoxy) is 1. The van der Waals surface area contributed by atoms with E-state index in [1.54, 1.807) is 11.3 Å². The minimum absolute atomic E-state index is 0.430. The van der Waals surface area contributed by atoms with Crippen LogP contribution in [0.15, 0.2) is 5.38 Å². The summed E-state index contributed by atoms with van der Waals surface area (Å²) in [5.74, 6) is 0. The third kappa shape index (κ3) is 1.73. The summed E-state index contributed by atoms with van der Waals surface area (Å²) in [4.78, 5) is 7.00. The molecule has 5 heteroatoms. The number of anilines is 1. The molecule has 1 saturated carbocycles. The number of hydrogen-bond acceptors (Lipinski definition) is 5. The van der Waals surface area contributed by atoms with Gasteiger partial charge in [0, 0.05) is 18.5 Å². The predicted molar refractivity (Wildman–Crippen MR) is 64.7 cm³/mol. The molecule has 1 aliphatic carbocycles. The van der Waals surface area contributed by atoms with E-state index in [1.165, 1.54) is 19.3 Å². The normalized spacial score (nSPS) is 29.4. The van der Waals surface area contributed by atoms with Crippen molar-refractivity contribution in [3.63, 3.8) is 0 Å². The number of thiazole rings is 1. The number of nitrogens with zero attached hydrogens (tertiary/aromatic N) is 2. The highest BCUT2D eigenvalue weighted by atomic mass is 32.1. The molecule has 1 aromatic heterocycles. The fourth-order valence-electron chi connectivity index (χ4n) is 2.69. The lowest BCUT2D eigenvalue weighted by atomic mass is 10.1. The van der Waals surface area contributed by atoms with Crippen molar-refractivity contribution in [2.24, 2.45) is 5.73 Å². The number of nitrogens with two attached hydrogens (primary N) is 1. The van der Waals surface area contributed by atoms with Crippen LogP contribution in [0.5, 0.6) is 0 Å². The molecule has 2 N–H and O–H groups in total. The Hall–Kier alpha value is -0.650. The van der Waals surface area contributed by atoms with E-state index in [-0.39, 0.29) is 0 Å². The molecule has 2 aliphatic rings. The molecule has 0 aromatic carbocycles. The van der Waals surface area contributed by atoms with Crippen LogP contribution in [0.2, 0.25) is 0 Å². The summed E-state index contributed by atoms with van der Waals surface area (Å²) in [6.07, 6.45) is 4.15. The zero-order valence-electron chi connectivity index (χ0n) is 9.26. The van der Waals surface area contributed by atoms with Crippen LogP contribution in [0.3, 0.4) is 0 Å². The highest BCUT2D eigenvalue weighted by Crippen LogP contribution is 2.34. The van der Waals surface area contributed by atoms with Crippen molar-refractivity contribution < 1.29 is 4.74 Å². The Morgan fingerprint density at radius 2 is 2.50 bits per heavy atom. The molecule has 1 aromatic rings. The van der Waals surface area contributed by atoms with Crippen LogP contribution in [-0.4, -0.2) is 30.3 Å². The summed E-state index contributed by atoms with van der Waals surface area (Å²) in [5, 5.41) is 3.19. The number of morpholine rings is 1. The molecule has 3 rings (SSSR count). The molecule has 2 unspecified atom stereocenters. The van der Waals surface area contributed by atoms with E-state index in [2.05, 4.69) is 15.3 Å². The first-order valence-corrected chi connectivity index (χ1v) is 6.79. The van der Waals surface area contributed by atoms with Crippen molar-refractivity contribution >= 4 is 16.5 Å². The van der Waals surface area contributed by atoms with E-state index >= 15 is 0 Å². The third-order valence-corrected chi connectivity index (χ3v) is 4.40. The van der Waals surface area contributed by atoms with E-state index in [1.807, 2.05) is 0 Å². The van der Waals surface area contributed by atoms with Gasteiger partial charge in [-0.05, 0) is 19.3 Å². The molecule has 2 heterocycles. The fourth-order valence-corrected chi connectivity index (χ4v) is 3.61. The second-order valence-electron chi connectivity index (χ2n) is 4.43. The number of rotatable bonds is 2. The predicted octanol–water partition coefficient (Wildman–Crippen LogP) is 1.36. The maximum absolute atomic E-state index is 5.80. The van der Waals surface area contributed by atoms with E-state index in [0.29, 0.717) is 18.7 Å². The number of fused-ring (bicyclic) bond motifs is 1. The largest absolute Gasteiger partial charge is 0.374 e. The lowest BCUT2D eigenvalue weighted by Gasteiger charge is -2.37. The van der Waals surface area contributed by atoms with Crippen LogP contribution >= 0.6 is 11.3 Å². The molecule has 0 amide bonds. The molecule has 16 heavy (non-hydrogen) atoms. The minimum atomic E-state index is 0.430. The Bertz CT molecular complexity index is 368. The zero-order valence-corrected chi connectivity index (χ0v) is 10.1. The number of aromatic nitrogens is 1. The van der Waals surface area contributed by atoms with Crippen LogP contribution in [0.1, 0.15) is 25.0 Å². The molecule has 4 nitrogen and oxygen atoms in total. The molecular weight excluding hydrogens is 222 g/mol. The van der Waals surface area contributed by atoms with Gasteiger partial charge in [0.15, 0.2) is 5.13 Å². The summed E-state index contributed by atoms with van der Waals surface area (Å²) in [7, 11) is 0. The van der Waals surface area contributed by atoms with Crippen molar-refractivity contribution in [3.05, 3.63) is 11.1 Å². The van der Waals surface area contributed by atoms with Gasteiger partial charge in [0.2, 0.25) is 0 Å². The van der Waals surface area contributed by atoms with Gasteiger partial charge in [0.1, 0.15) is 0 Å². The summed E-state index contributed by atoms with van der Waals surface area (Å²) >= 11 is 1.71. The Kier molecular flexibility index (Phi) is 2.83. The van der Waals surface area contributed by atoms with Gasteiger partial charge in [-0.15, -0.1) is 11.3 Å². The highest BCUT2D eigenvalue weighted by molar-refractivity contribution is 7.13. The van der Waals surface area contributed by atoms with Crippen LogP contribution in [0.4, 0.5) is 5.13 Å². The van der Waals surface area contributed by atoms with E-state index < -0.39 is 0 Å². The molecule has 0 bridgehead atoms. The third-order valence-electron chi connectivity index (χ3n) is 3.48. The van der Waals surface area contributed by atoms with Gasteiger partial charge in [-0.1, -0.05) is 0 Å². The van der Waals surface area contributed by atoms with E-state index in [4.69, 9.17) is 10.5 Å². The molecule has 1 aliphatic heterocycles. The van der Waals surface area contributed by atoms with E-state index in [9.17, 15) is 0 Å². The van der Waals surface area contributed by atoms with Crippen molar-refractivity contribution in [3.8, 4) is 0 Å². The molecule has 2 atom stereocenters. The lowest BCUT2D eigenvalue weighted by Crippen LogP contribution is -2.48. The van der Waals surface area contributed by atoms with Crippen LogP contribution in [-0.2, 0) is 11.3 Å². The van der Waals surface area contributed by atoms with Crippen LogP contribution < -0.4 is 10.6 Å². The molecule has 0 radical (unpaired) electrons. The molecule has 2 fully saturated rings. The summed E-state index contributed by atoms with van der Waals surface area (Å²) in [6.45, 7) is 2.34. The van der Waals surface area contributed by atoms with Crippen molar-refractivity contribution in [1.29, 1.82) is 0 Å². The maximum Gasteiger partial charge on any atom is 0.185 e. The first kappa shape index (κ1) is 10.5. The Morgan fingerprint density at radius 1 is 1.56 bits per heavy atom. The van der Waals surface area contributed by atoms with Crippen LogP contribution in [0.25, 0.3) is 0 Å². The van der Waals surface area contributed by atoms with Gasteiger partial charge < -0.3 is 15.4 Å². The minimum Gasteiger partial charge on any atom is -0.374 e. The second kappa shape index (κ2) is 4.31. The quantitative estimate of drug-likeness (QED) is 0.846. The van der Waals surface area contributed by atoms with Gasteiger partial charge in [0.05, 0.1) is 24.4 Å². The van der Waals surface area contributed by atoms with Gasteiger partial charge in [-0.2, -0.15) is 0 Å². The first-order valence-electron chi connectivity index (χ1n) is 5.91. The van der Waals surface area contributed by atoms with Gasteiger partial charge in [-0.3, -0.25) is 0 Å².